The molecule has 0 aliphatic carbocycles. The Balaban J connectivity index is 2.36. The molecular formula is C16H24N2O4. The highest BCUT2D eigenvalue weighted by Crippen LogP contribution is 2.38. The van der Waals surface area contributed by atoms with Crippen molar-refractivity contribution in [3.63, 3.8) is 0 Å². The number of methoxy groups -OCH3 is 3. The van der Waals surface area contributed by atoms with Crippen LogP contribution in [-0.2, 0) is 0 Å². The minimum Gasteiger partial charge on any atom is -0.493 e. The highest BCUT2D eigenvalue weighted by atomic mass is 16.5. The molecule has 122 valence electrons. The number of rotatable bonds is 5. The maximum Gasteiger partial charge on any atom is 0.254 e. The molecule has 0 bridgehead atoms. The number of ether oxygens (including phenoxy) is 3. The summed E-state index contributed by atoms with van der Waals surface area (Å²) in [5.74, 6) is 1.39. The van der Waals surface area contributed by atoms with Gasteiger partial charge in [-0.25, -0.2) is 0 Å². The Morgan fingerprint density at radius 3 is 2.32 bits per heavy atom. The van der Waals surface area contributed by atoms with Gasteiger partial charge in [0.2, 0.25) is 5.75 Å². The predicted molar refractivity (Wildman–Crippen MR) is 83.8 cm³/mol. The van der Waals surface area contributed by atoms with E-state index in [1.165, 1.54) is 21.3 Å². The van der Waals surface area contributed by atoms with Crippen LogP contribution in [0.2, 0.25) is 0 Å². The minimum absolute atomic E-state index is 0.0468. The van der Waals surface area contributed by atoms with Crippen molar-refractivity contribution in [3.05, 3.63) is 17.7 Å². The standard InChI is InChI=1S/C16H24N2O4/c1-20-13-8-11(9-14(21-2)15(13)22-3)16(19)18-7-5-4-6-12(18)10-17/h8-9,12H,4-7,10,17H2,1-3H3. The molecule has 1 aliphatic heterocycles. The third-order valence-electron chi connectivity index (χ3n) is 4.07. The highest BCUT2D eigenvalue weighted by Gasteiger charge is 2.28. The number of amides is 1. The molecule has 0 saturated carbocycles. The molecule has 1 saturated heterocycles. The molecule has 6 nitrogen and oxygen atoms in total. The van der Waals surface area contributed by atoms with Gasteiger partial charge >= 0.3 is 0 Å². The van der Waals surface area contributed by atoms with E-state index in [1.807, 2.05) is 4.90 Å². The largest absolute Gasteiger partial charge is 0.493 e. The molecule has 1 aliphatic rings. The molecule has 0 spiro atoms. The second-order valence-electron chi connectivity index (χ2n) is 5.30. The summed E-state index contributed by atoms with van der Waals surface area (Å²) >= 11 is 0. The first kappa shape index (κ1) is 16.4. The zero-order valence-corrected chi connectivity index (χ0v) is 13.4. The third kappa shape index (κ3) is 3.11. The summed E-state index contributed by atoms with van der Waals surface area (Å²) in [6.07, 6.45) is 3.07. The van der Waals surface area contributed by atoms with Crippen LogP contribution in [0.15, 0.2) is 12.1 Å². The summed E-state index contributed by atoms with van der Waals surface area (Å²) in [5, 5.41) is 0. The average Bonchev–Trinajstić information content (AvgIpc) is 2.59. The van der Waals surface area contributed by atoms with Gasteiger partial charge in [0.05, 0.1) is 21.3 Å². The van der Waals surface area contributed by atoms with Crippen LogP contribution in [0.4, 0.5) is 0 Å². The molecule has 0 radical (unpaired) electrons. The van der Waals surface area contributed by atoms with Crippen LogP contribution in [0, 0.1) is 0 Å². The Kier molecular flexibility index (Phi) is 5.49. The number of carbonyl (C=O) groups excluding carboxylic acids is 1. The van der Waals surface area contributed by atoms with Gasteiger partial charge in [0.1, 0.15) is 0 Å². The summed E-state index contributed by atoms with van der Waals surface area (Å²) < 4.78 is 15.9. The average molecular weight is 308 g/mol. The lowest BCUT2D eigenvalue weighted by molar-refractivity contribution is 0.0622. The lowest BCUT2D eigenvalue weighted by atomic mass is 10.0. The molecule has 2 rings (SSSR count). The summed E-state index contributed by atoms with van der Waals surface area (Å²) in [6.45, 7) is 1.22. The molecule has 2 N–H and O–H groups in total. The van der Waals surface area contributed by atoms with Crippen LogP contribution in [-0.4, -0.2) is 51.3 Å². The molecule has 1 unspecified atom stereocenters. The number of nitrogens with zero attached hydrogens (tertiary/aromatic N) is 1. The zero-order valence-electron chi connectivity index (χ0n) is 13.4. The van der Waals surface area contributed by atoms with Crippen molar-refractivity contribution in [3.8, 4) is 17.2 Å². The number of nitrogens with two attached hydrogens (primary N) is 1. The van der Waals surface area contributed by atoms with E-state index in [9.17, 15) is 4.79 Å². The lowest BCUT2D eigenvalue weighted by Crippen LogP contribution is -2.47. The highest BCUT2D eigenvalue weighted by molar-refractivity contribution is 5.96. The monoisotopic (exact) mass is 308 g/mol. The molecule has 1 amide bonds. The van der Waals surface area contributed by atoms with Crippen LogP contribution in [0.3, 0.4) is 0 Å². The van der Waals surface area contributed by atoms with E-state index in [2.05, 4.69) is 0 Å². The van der Waals surface area contributed by atoms with Crippen molar-refractivity contribution in [2.45, 2.75) is 25.3 Å². The fourth-order valence-corrected chi connectivity index (χ4v) is 2.88. The van der Waals surface area contributed by atoms with Crippen molar-refractivity contribution in [2.24, 2.45) is 5.73 Å². The molecule has 1 heterocycles. The Labute approximate surface area is 131 Å². The van der Waals surface area contributed by atoms with E-state index < -0.39 is 0 Å². The van der Waals surface area contributed by atoms with Gasteiger partial charge in [-0.15, -0.1) is 0 Å². The Morgan fingerprint density at radius 1 is 1.18 bits per heavy atom. The third-order valence-corrected chi connectivity index (χ3v) is 4.07. The van der Waals surface area contributed by atoms with Crippen molar-refractivity contribution in [2.75, 3.05) is 34.4 Å². The van der Waals surface area contributed by atoms with Gasteiger partial charge in [0.15, 0.2) is 11.5 Å². The van der Waals surface area contributed by atoms with Crippen LogP contribution in [0.1, 0.15) is 29.6 Å². The zero-order chi connectivity index (χ0) is 16.1. The molecule has 1 atom stereocenters. The van der Waals surface area contributed by atoms with Crippen LogP contribution in [0.5, 0.6) is 17.2 Å². The SMILES string of the molecule is COc1cc(C(=O)N2CCCCC2CN)cc(OC)c1OC. The molecule has 1 aromatic carbocycles. The van der Waals surface area contributed by atoms with Gasteiger partial charge < -0.3 is 24.8 Å². The van der Waals surface area contributed by atoms with Gasteiger partial charge in [0.25, 0.3) is 5.91 Å². The smallest absolute Gasteiger partial charge is 0.254 e. The number of hydrogen-bond donors (Lipinski definition) is 1. The Bertz CT molecular complexity index is 508. The number of piperidine rings is 1. The van der Waals surface area contributed by atoms with Gasteiger partial charge in [0, 0.05) is 24.7 Å². The first-order valence-electron chi connectivity index (χ1n) is 7.47. The molecular weight excluding hydrogens is 284 g/mol. The number of benzene rings is 1. The van der Waals surface area contributed by atoms with E-state index in [4.69, 9.17) is 19.9 Å². The van der Waals surface area contributed by atoms with Crippen molar-refractivity contribution < 1.29 is 19.0 Å². The second-order valence-corrected chi connectivity index (χ2v) is 5.30. The summed E-state index contributed by atoms with van der Waals surface area (Å²) in [7, 11) is 4.61. The topological polar surface area (TPSA) is 74.0 Å². The van der Waals surface area contributed by atoms with E-state index in [1.54, 1.807) is 12.1 Å². The normalized spacial score (nSPS) is 18.0. The molecule has 22 heavy (non-hydrogen) atoms. The van der Waals surface area contributed by atoms with E-state index in [0.29, 0.717) is 29.4 Å². The molecule has 1 aromatic rings. The van der Waals surface area contributed by atoms with Crippen LogP contribution < -0.4 is 19.9 Å². The number of carbonyl (C=O) groups is 1. The van der Waals surface area contributed by atoms with E-state index >= 15 is 0 Å². The maximum atomic E-state index is 12.8. The first-order chi connectivity index (χ1) is 10.7. The van der Waals surface area contributed by atoms with Crippen molar-refractivity contribution >= 4 is 5.91 Å². The molecule has 0 aromatic heterocycles. The van der Waals surface area contributed by atoms with Gasteiger partial charge in [-0.05, 0) is 31.4 Å². The fraction of sp³-hybridized carbons (Fsp3) is 0.562. The minimum atomic E-state index is -0.0468. The Morgan fingerprint density at radius 2 is 1.82 bits per heavy atom. The van der Waals surface area contributed by atoms with Gasteiger partial charge in [-0.2, -0.15) is 0 Å². The molecule has 1 fully saturated rings. The van der Waals surface area contributed by atoms with Crippen molar-refractivity contribution in [1.29, 1.82) is 0 Å². The first-order valence-corrected chi connectivity index (χ1v) is 7.47. The van der Waals surface area contributed by atoms with Crippen LogP contribution in [0.25, 0.3) is 0 Å². The van der Waals surface area contributed by atoms with E-state index in [-0.39, 0.29) is 11.9 Å². The molecule has 6 heteroatoms. The summed E-state index contributed by atoms with van der Waals surface area (Å²) in [5.41, 5.74) is 6.33. The van der Waals surface area contributed by atoms with Crippen LogP contribution >= 0.6 is 0 Å². The number of hydrogen-bond acceptors (Lipinski definition) is 5. The summed E-state index contributed by atoms with van der Waals surface area (Å²) in [4.78, 5) is 14.7. The fourth-order valence-electron chi connectivity index (χ4n) is 2.88. The Hall–Kier alpha value is -1.95. The second kappa shape index (κ2) is 7.35. The summed E-state index contributed by atoms with van der Waals surface area (Å²) in [6, 6.07) is 3.47. The lowest BCUT2D eigenvalue weighted by Gasteiger charge is -2.35. The van der Waals surface area contributed by atoms with Crippen molar-refractivity contribution in [1.82, 2.24) is 4.90 Å². The maximum absolute atomic E-state index is 12.8. The van der Waals surface area contributed by atoms with Gasteiger partial charge in [-0.1, -0.05) is 0 Å². The number of likely N-dealkylation sites (tertiary alicyclic amines) is 1. The van der Waals surface area contributed by atoms with Gasteiger partial charge in [-0.3, -0.25) is 4.79 Å². The van der Waals surface area contributed by atoms with E-state index in [0.717, 1.165) is 25.8 Å². The quantitative estimate of drug-likeness (QED) is 0.895. The predicted octanol–water partition coefficient (Wildman–Crippen LogP) is 1.67.